The molecule has 12 heteroatoms. The van der Waals surface area contributed by atoms with Gasteiger partial charge in [0.1, 0.15) is 21.0 Å². The standard InChI is InChI=1S/C26H24N10S2/c1-37-25-19-21(27)33(15-29-23(19)35(31-25)17-9-5-3-6-10-17)13-14-34-16-30-24-20(22(34)28)26(38-2)32-36(24)18-11-7-4-8-12-18/h3-12,15-16,27-28H,13-14H2,1-2H3. The Kier molecular flexibility index (Phi) is 6.34. The van der Waals surface area contributed by atoms with Crippen LogP contribution in [0.2, 0.25) is 0 Å². The Morgan fingerprint density at radius 2 is 1.03 bits per heavy atom. The highest BCUT2D eigenvalue weighted by molar-refractivity contribution is 7.99. The van der Waals surface area contributed by atoms with E-state index in [1.807, 2.05) is 73.2 Å². The van der Waals surface area contributed by atoms with Gasteiger partial charge in [0.05, 0.1) is 34.8 Å². The third-order valence-electron chi connectivity index (χ3n) is 6.31. The van der Waals surface area contributed by atoms with Crippen molar-refractivity contribution < 1.29 is 0 Å². The summed E-state index contributed by atoms with van der Waals surface area (Å²) in [5, 5.41) is 30.3. The van der Waals surface area contributed by atoms with Crippen LogP contribution in [0.15, 0.2) is 83.4 Å². The molecule has 38 heavy (non-hydrogen) atoms. The van der Waals surface area contributed by atoms with Crippen LogP contribution >= 0.6 is 23.5 Å². The molecule has 0 unspecified atom stereocenters. The van der Waals surface area contributed by atoms with Crippen molar-refractivity contribution in [2.45, 2.75) is 23.1 Å². The molecule has 190 valence electrons. The molecule has 6 rings (SSSR count). The van der Waals surface area contributed by atoms with Gasteiger partial charge in [-0.2, -0.15) is 10.2 Å². The summed E-state index contributed by atoms with van der Waals surface area (Å²) in [5.41, 5.74) is 3.77. The summed E-state index contributed by atoms with van der Waals surface area (Å²) in [4.78, 5) is 9.36. The summed E-state index contributed by atoms with van der Waals surface area (Å²) >= 11 is 2.99. The van der Waals surface area contributed by atoms with Gasteiger partial charge in [0.25, 0.3) is 0 Å². The summed E-state index contributed by atoms with van der Waals surface area (Å²) in [6, 6.07) is 19.6. The zero-order valence-corrected chi connectivity index (χ0v) is 22.4. The Morgan fingerprint density at radius 1 is 0.632 bits per heavy atom. The molecule has 0 aliphatic rings. The Balaban J connectivity index is 1.37. The molecule has 0 spiro atoms. The summed E-state index contributed by atoms with van der Waals surface area (Å²) in [7, 11) is 0. The van der Waals surface area contributed by atoms with Crippen molar-refractivity contribution in [1.82, 2.24) is 38.7 Å². The first kappa shape index (κ1) is 24.2. The van der Waals surface area contributed by atoms with Gasteiger partial charge in [-0.05, 0) is 36.8 Å². The normalized spacial score (nSPS) is 11.5. The average Bonchev–Trinajstić information content (AvgIpc) is 3.54. The van der Waals surface area contributed by atoms with Crippen molar-refractivity contribution in [3.05, 3.63) is 84.3 Å². The zero-order valence-electron chi connectivity index (χ0n) is 20.7. The Bertz CT molecular complexity index is 1750. The van der Waals surface area contributed by atoms with Crippen LogP contribution in [-0.2, 0) is 13.1 Å². The maximum Gasteiger partial charge on any atom is 0.169 e. The molecular formula is C26H24N10S2. The summed E-state index contributed by atoms with van der Waals surface area (Å²) in [6.07, 6.45) is 7.26. The molecule has 10 nitrogen and oxygen atoms in total. The van der Waals surface area contributed by atoms with E-state index in [0.29, 0.717) is 46.1 Å². The van der Waals surface area contributed by atoms with Crippen LogP contribution in [0, 0.1) is 10.8 Å². The van der Waals surface area contributed by atoms with Crippen LogP contribution < -0.4 is 11.0 Å². The molecule has 6 aromatic rings. The third kappa shape index (κ3) is 4.02. The number of para-hydroxylation sites is 2. The van der Waals surface area contributed by atoms with Gasteiger partial charge >= 0.3 is 0 Å². The second kappa shape index (κ2) is 9.95. The van der Waals surface area contributed by atoms with Crippen molar-refractivity contribution in [3.8, 4) is 11.4 Å². The van der Waals surface area contributed by atoms with Gasteiger partial charge in [0.2, 0.25) is 0 Å². The monoisotopic (exact) mass is 540 g/mol. The minimum absolute atomic E-state index is 0.337. The molecule has 0 fully saturated rings. The predicted octanol–water partition coefficient (Wildman–Crippen LogP) is 3.86. The lowest BCUT2D eigenvalue weighted by Crippen LogP contribution is -2.27. The van der Waals surface area contributed by atoms with E-state index in [2.05, 4.69) is 9.97 Å². The van der Waals surface area contributed by atoms with Crippen LogP contribution in [-0.4, -0.2) is 51.2 Å². The Labute approximate surface area is 226 Å². The molecule has 4 aromatic heterocycles. The second-order valence-electron chi connectivity index (χ2n) is 8.48. The van der Waals surface area contributed by atoms with E-state index in [1.54, 1.807) is 31.2 Å². The number of aryl methyl sites for hydroxylation is 2. The van der Waals surface area contributed by atoms with Crippen molar-refractivity contribution in [3.63, 3.8) is 0 Å². The molecule has 2 aromatic carbocycles. The van der Waals surface area contributed by atoms with E-state index in [4.69, 9.17) is 21.0 Å². The smallest absolute Gasteiger partial charge is 0.169 e. The molecule has 0 saturated heterocycles. The van der Waals surface area contributed by atoms with Gasteiger partial charge in [-0.1, -0.05) is 36.4 Å². The highest BCUT2D eigenvalue weighted by atomic mass is 32.2. The number of hydrogen-bond acceptors (Lipinski definition) is 8. The maximum absolute atomic E-state index is 8.94. The lowest BCUT2D eigenvalue weighted by Gasteiger charge is -2.11. The van der Waals surface area contributed by atoms with Crippen molar-refractivity contribution in [2.75, 3.05) is 12.5 Å². The molecule has 0 amide bonds. The fourth-order valence-electron chi connectivity index (χ4n) is 4.42. The fourth-order valence-corrected chi connectivity index (χ4v) is 5.53. The fraction of sp³-hybridized carbons (Fsp3) is 0.154. The van der Waals surface area contributed by atoms with E-state index in [-0.39, 0.29) is 0 Å². The van der Waals surface area contributed by atoms with E-state index >= 15 is 0 Å². The molecule has 0 bridgehead atoms. The van der Waals surface area contributed by atoms with Gasteiger partial charge < -0.3 is 9.13 Å². The number of hydrogen-bond donors (Lipinski definition) is 2. The first-order valence-electron chi connectivity index (χ1n) is 11.8. The highest BCUT2D eigenvalue weighted by Crippen LogP contribution is 2.25. The number of thioether (sulfide) groups is 2. The first-order valence-corrected chi connectivity index (χ1v) is 14.3. The third-order valence-corrected chi connectivity index (χ3v) is 7.66. The number of fused-ring (bicyclic) bond motifs is 2. The van der Waals surface area contributed by atoms with Crippen LogP contribution in [0.4, 0.5) is 0 Å². The summed E-state index contributed by atoms with van der Waals surface area (Å²) < 4.78 is 7.15. The molecule has 4 heterocycles. The molecule has 0 aliphatic carbocycles. The van der Waals surface area contributed by atoms with E-state index in [1.165, 1.54) is 23.5 Å². The number of aromatic nitrogens is 8. The lowest BCUT2D eigenvalue weighted by molar-refractivity contribution is 0.532. The number of benzene rings is 2. The molecular weight excluding hydrogens is 516 g/mol. The summed E-state index contributed by atoms with van der Waals surface area (Å²) in [6.45, 7) is 0.911. The number of rotatable bonds is 7. The average molecular weight is 541 g/mol. The van der Waals surface area contributed by atoms with Crippen LogP contribution in [0.3, 0.4) is 0 Å². The molecule has 0 radical (unpaired) electrons. The minimum atomic E-state index is 0.337. The minimum Gasteiger partial charge on any atom is -0.315 e. The van der Waals surface area contributed by atoms with Crippen LogP contribution in [0.1, 0.15) is 0 Å². The molecule has 0 atom stereocenters. The summed E-state index contributed by atoms with van der Waals surface area (Å²) in [5.74, 6) is 0. The first-order chi connectivity index (χ1) is 18.6. The van der Waals surface area contributed by atoms with Crippen molar-refractivity contribution in [2.24, 2.45) is 0 Å². The van der Waals surface area contributed by atoms with Gasteiger partial charge in [-0.3, -0.25) is 10.8 Å². The van der Waals surface area contributed by atoms with Gasteiger partial charge in [-0.25, -0.2) is 19.3 Å². The molecule has 0 aliphatic heterocycles. The number of nitrogens with one attached hydrogen (secondary N) is 2. The van der Waals surface area contributed by atoms with E-state index in [0.717, 1.165) is 21.4 Å². The second-order valence-corrected chi connectivity index (χ2v) is 10.1. The predicted molar refractivity (Wildman–Crippen MR) is 149 cm³/mol. The SMILES string of the molecule is CSc1nn(-c2ccccc2)c2ncn(CCn3cnc4c(c(SC)nn4-c4ccccc4)c3=N)c(=N)c12. The Morgan fingerprint density at radius 3 is 1.39 bits per heavy atom. The van der Waals surface area contributed by atoms with Crippen molar-refractivity contribution in [1.29, 1.82) is 10.8 Å². The zero-order chi connectivity index (χ0) is 26.2. The largest absolute Gasteiger partial charge is 0.315 e. The Hall–Kier alpha value is -4.16. The quantitative estimate of drug-likeness (QED) is 0.297. The molecule has 0 saturated carbocycles. The van der Waals surface area contributed by atoms with Crippen molar-refractivity contribution >= 4 is 45.6 Å². The number of nitrogens with zero attached hydrogens (tertiary/aromatic N) is 8. The van der Waals surface area contributed by atoms with Crippen LogP contribution in [0.5, 0.6) is 0 Å². The lowest BCUT2D eigenvalue weighted by atomic mass is 10.3. The van der Waals surface area contributed by atoms with Gasteiger partial charge in [-0.15, -0.1) is 23.5 Å². The van der Waals surface area contributed by atoms with Gasteiger partial charge in [0.15, 0.2) is 11.3 Å². The highest BCUT2D eigenvalue weighted by Gasteiger charge is 2.18. The molecule has 2 N–H and O–H groups in total. The maximum atomic E-state index is 8.94. The van der Waals surface area contributed by atoms with Gasteiger partial charge in [0, 0.05) is 13.1 Å². The van der Waals surface area contributed by atoms with E-state index < -0.39 is 0 Å². The van der Waals surface area contributed by atoms with E-state index in [9.17, 15) is 0 Å². The topological polar surface area (TPSA) is 119 Å². The van der Waals surface area contributed by atoms with Crippen LogP contribution in [0.25, 0.3) is 33.4 Å².